The van der Waals surface area contributed by atoms with Crippen LogP contribution >= 0.6 is 11.6 Å². The van der Waals surface area contributed by atoms with Crippen LogP contribution in [-0.4, -0.2) is 11.0 Å². The van der Waals surface area contributed by atoms with Gasteiger partial charge in [0.1, 0.15) is 5.02 Å². The van der Waals surface area contributed by atoms with Gasteiger partial charge in [-0.05, 0) is 12.1 Å². The summed E-state index contributed by atoms with van der Waals surface area (Å²) in [6, 6.07) is 3.79. The van der Waals surface area contributed by atoms with Gasteiger partial charge >= 0.3 is 0 Å². The van der Waals surface area contributed by atoms with Crippen molar-refractivity contribution < 1.29 is 9.72 Å². The highest BCUT2D eigenvalue weighted by molar-refractivity contribution is 6.32. The molecule has 6 heteroatoms. The highest BCUT2D eigenvalue weighted by Crippen LogP contribution is 2.28. The molecule has 0 heterocycles. The maximum absolute atomic E-state index is 10.4. The van der Waals surface area contributed by atoms with Crippen molar-refractivity contribution in [2.75, 3.05) is 0 Å². The van der Waals surface area contributed by atoms with Crippen LogP contribution in [0.25, 0.3) is 0 Å². The average Bonchev–Trinajstić information content (AvgIpc) is 2.08. The zero-order valence-corrected chi connectivity index (χ0v) is 6.99. The van der Waals surface area contributed by atoms with Crippen LogP contribution < -0.4 is 0 Å². The molecule has 0 aliphatic heterocycles. The molecule has 1 aromatic rings. The molecule has 0 aliphatic rings. The number of hydrogen-bond donors (Lipinski definition) is 0. The van der Waals surface area contributed by atoms with Gasteiger partial charge in [0.15, 0.2) is 0 Å². The van der Waals surface area contributed by atoms with Crippen molar-refractivity contribution in [1.29, 1.82) is 0 Å². The molecule has 0 amide bonds. The van der Waals surface area contributed by atoms with Crippen molar-refractivity contribution in [3.63, 3.8) is 0 Å². The molecule has 0 N–H and O–H groups in total. The Bertz CT molecular complexity index is 399. The topological polar surface area (TPSA) is 72.6 Å². The van der Waals surface area contributed by atoms with Crippen molar-refractivity contribution in [2.45, 2.75) is 0 Å². The fourth-order valence-corrected chi connectivity index (χ4v) is 0.950. The molecule has 0 bridgehead atoms. The van der Waals surface area contributed by atoms with Crippen molar-refractivity contribution in [3.05, 3.63) is 33.3 Å². The molecule has 0 aromatic heterocycles. The van der Waals surface area contributed by atoms with E-state index in [1.807, 2.05) is 0 Å². The number of nitrogens with zero attached hydrogens (tertiary/aromatic N) is 2. The maximum atomic E-state index is 10.4. The second-order valence-electron chi connectivity index (χ2n) is 2.10. The predicted octanol–water partition coefficient (Wildman–Crippen LogP) is 2.22. The summed E-state index contributed by atoms with van der Waals surface area (Å²) >= 11 is 5.51. The minimum absolute atomic E-state index is 0.00912. The number of isocyanates is 1. The normalized spacial score (nSPS) is 9.00. The fraction of sp³-hybridized carbons (Fsp3) is 0. The fourth-order valence-electron chi connectivity index (χ4n) is 0.763. The average molecular weight is 199 g/mol. The van der Waals surface area contributed by atoms with Crippen molar-refractivity contribution in [2.24, 2.45) is 4.99 Å². The molecule has 0 saturated heterocycles. The molecule has 0 saturated carbocycles. The number of aliphatic imine (C=N–C) groups is 1. The first kappa shape index (κ1) is 9.38. The lowest BCUT2D eigenvalue weighted by Gasteiger charge is -1.94. The van der Waals surface area contributed by atoms with Gasteiger partial charge in [-0.25, -0.2) is 4.79 Å². The van der Waals surface area contributed by atoms with Gasteiger partial charge in [-0.15, -0.1) is 0 Å². The minimum atomic E-state index is -0.647. The molecular weight excluding hydrogens is 196 g/mol. The summed E-state index contributed by atoms with van der Waals surface area (Å²) in [4.78, 5) is 22.8. The third-order valence-electron chi connectivity index (χ3n) is 1.30. The number of benzene rings is 1. The first-order valence-electron chi connectivity index (χ1n) is 3.17. The molecule has 5 nitrogen and oxygen atoms in total. The Morgan fingerprint density at radius 1 is 1.54 bits per heavy atom. The summed E-state index contributed by atoms with van der Waals surface area (Å²) in [5.74, 6) is 0. The van der Waals surface area contributed by atoms with Crippen LogP contribution in [0.3, 0.4) is 0 Å². The van der Waals surface area contributed by atoms with Gasteiger partial charge in [0, 0.05) is 6.07 Å². The number of hydrogen-bond acceptors (Lipinski definition) is 4. The Morgan fingerprint density at radius 2 is 2.23 bits per heavy atom. The van der Waals surface area contributed by atoms with Crippen LogP contribution in [0.4, 0.5) is 11.4 Å². The summed E-state index contributed by atoms with van der Waals surface area (Å²) in [6.45, 7) is 0. The quantitative estimate of drug-likeness (QED) is 0.317. The van der Waals surface area contributed by atoms with Gasteiger partial charge in [0.05, 0.1) is 10.6 Å². The number of rotatable bonds is 2. The van der Waals surface area contributed by atoms with Crippen LogP contribution in [0.15, 0.2) is 23.2 Å². The number of halogens is 1. The molecule has 0 unspecified atom stereocenters. The maximum Gasteiger partial charge on any atom is 0.290 e. The monoisotopic (exact) mass is 198 g/mol. The molecule has 0 aliphatic carbocycles. The first-order valence-corrected chi connectivity index (χ1v) is 3.55. The second kappa shape index (κ2) is 3.80. The number of carbonyl (C=O) groups excluding carboxylic acids is 1. The molecule has 0 radical (unpaired) electrons. The van der Waals surface area contributed by atoms with Gasteiger partial charge in [-0.1, -0.05) is 11.6 Å². The van der Waals surface area contributed by atoms with Crippen LogP contribution in [0, 0.1) is 10.1 Å². The lowest BCUT2D eigenvalue weighted by atomic mass is 10.3. The van der Waals surface area contributed by atoms with Crippen LogP contribution in [0.2, 0.25) is 5.02 Å². The molecule has 66 valence electrons. The van der Waals surface area contributed by atoms with E-state index < -0.39 is 4.92 Å². The Labute approximate surface area is 77.8 Å². The standard InChI is InChI=1S/C7H3ClN2O3/c8-6-2-1-5(9-4-11)3-7(6)10(12)13/h1-3H. The van der Waals surface area contributed by atoms with E-state index in [1.165, 1.54) is 18.2 Å². The van der Waals surface area contributed by atoms with Gasteiger partial charge in [-0.3, -0.25) is 10.1 Å². The Morgan fingerprint density at radius 3 is 2.77 bits per heavy atom. The highest BCUT2D eigenvalue weighted by atomic mass is 35.5. The third-order valence-corrected chi connectivity index (χ3v) is 1.62. The SMILES string of the molecule is O=C=Nc1ccc(Cl)c([N+](=O)[O-])c1. The summed E-state index contributed by atoms with van der Waals surface area (Å²) in [6.07, 6.45) is 1.28. The Balaban J connectivity index is 3.26. The zero-order chi connectivity index (χ0) is 9.84. The third kappa shape index (κ3) is 2.11. The molecule has 0 spiro atoms. The van der Waals surface area contributed by atoms with E-state index in [1.54, 1.807) is 0 Å². The smallest absolute Gasteiger partial charge is 0.258 e. The van der Waals surface area contributed by atoms with Gasteiger partial charge in [-0.2, -0.15) is 4.99 Å². The van der Waals surface area contributed by atoms with E-state index in [0.29, 0.717) is 0 Å². The first-order chi connectivity index (χ1) is 6.15. The van der Waals surface area contributed by atoms with Crippen molar-refractivity contribution in [3.8, 4) is 0 Å². The Kier molecular flexibility index (Phi) is 2.74. The molecule has 0 atom stereocenters. The summed E-state index contributed by atoms with van der Waals surface area (Å²) in [7, 11) is 0. The summed E-state index contributed by atoms with van der Waals surface area (Å²) in [5, 5.41) is 10.4. The number of nitro groups is 1. The van der Waals surface area contributed by atoms with E-state index >= 15 is 0 Å². The van der Waals surface area contributed by atoms with E-state index in [4.69, 9.17) is 11.6 Å². The largest absolute Gasteiger partial charge is 0.290 e. The van der Waals surface area contributed by atoms with Crippen LogP contribution in [0.1, 0.15) is 0 Å². The lowest BCUT2D eigenvalue weighted by molar-refractivity contribution is -0.384. The lowest BCUT2D eigenvalue weighted by Crippen LogP contribution is -1.87. The number of nitro benzene ring substituents is 1. The molecule has 1 rings (SSSR count). The molecular formula is C7H3ClN2O3. The summed E-state index contributed by atoms with van der Waals surface area (Å²) in [5.41, 5.74) is -0.121. The Hall–Kier alpha value is -1.71. The van der Waals surface area contributed by atoms with Gasteiger partial charge < -0.3 is 0 Å². The van der Waals surface area contributed by atoms with E-state index in [0.717, 1.165) is 6.07 Å². The van der Waals surface area contributed by atoms with Crippen molar-refractivity contribution in [1.82, 2.24) is 0 Å². The van der Waals surface area contributed by atoms with Crippen LogP contribution in [0.5, 0.6) is 0 Å². The molecule has 1 aromatic carbocycles. The second-order valence-corrected chi connectivity index (χ2v) is 2.50. The predicted molar refractivity (Wildman–Crippen MR) is 45.9 cm³/mol. The van der Waals surface area contributed by atoms with Gasteiger partial charge in [0.25, 0.3) is 5.69 Å². The van der Waals surface area contributed by atoms with Crippen molar-refractivity contribution >= 4 is 29.1 Å². The highest BCUT2D eigenvalue weighted by Gasteiger charge is 2.11. The van der Waals surface area contributed by atoms with Gasteiger partial charge in [0.2, 0.25) is 6.08 Å². The summed E-state index contributed by atoms with van der Waals surface area (Å²) < 4.78 is 0. The van der Waals surface area contributed by atoms with E-state index in [9.17, 15) is 14.9 Å². The zero-order valence-electron chi connectivity index (χ0n) is 6.23. The van der Waals surface area contributed by atoms with E-state index in [-0.39, 0.29) is 16.4 Å². The van der Waals surface area contributed by atoms with Crippen LogP contribution in [-0.2, 0) is 4.79 Å². The minimum Gasteiger partial charge on any atom is -0.258 e. The molecule has 13 heavy (non-hydrogen) atoms. The van der Waals surface area contributed by atoms with E-state index in [2.05, 4.69) is 4.99 Å². The molecule has 0 fully saturated rings.